The van der Waals surface area contributed by atoms with Gasteiger partial charge in [0.15, 0.2) is 0 Å². The lowest BCUT2D eigenvalue weighted by Gasteiger charge is -2.35. The van der Waals surface area contributed by atoms with Crippen LogP contribution in [0.2, 0.25) is 5.02 Å². The summed E-state index contributed by atoms with van der Waals surface area (Å²) in [6, 6.07) is 9.23. The summed E-state index contributed by atoms with van der Waals surface area (Å²) in [5.41, 5.74) is 1.61. The molecule has 2 aromatic rings. The molecule has 4 rings (SSSR count). The van der Waals surface area contributed by atoms with Crippen LogP contribution in [-0.4, -0.2) is 51.7 Å². The molecule has 1 aromatic carbocycles. The quantitative estimate of drug-likeness (QED) is 0.732. The Hall–Kier alpha value is -1.99. The molecule has 2 heterocycles. The molecule has 0 atom stereocenters. The number of nitrogens with zero attached hydrogens (tertiary/aromatic N) is 4. The van der Waals surface area contributed by atoms with Crippen LogP contribution in [0.4, 0.5) is 8.78 Å². The number of hydrogen-bond donors (Lipinski definition) is 0. The van der Waals surface area contributed by atoms with Crippen LogP contribution in [0, 0.1) is 0 Å². The van der Waals surface area contributed by atoms with Gasteiger partial charge in [0.2, 0.25) is 5.91 Å². The fourth-order valence-corrected chi connectivity index (χ4v) is 3.84. The van der Waals surface area contributed by atoms with Gasteiger partial charge >= 0.3 is 0 Å². The maximum Gasteiger partial charge on any atom is 0.282 e. The van der Waals surface area contributed by atoms with Crippen molar-refractivity contribution < 1.29 is 13.6 Å². The standard InChI is InChI=1S/C20H23ClF2N4O/c21-16-4-2-1-3-15(16)12-25-7-9-26(10-8-25)19(28)13-27-18(14-5-6-14)11-17(24-27)20(22)23/h1-4,11,14,20H,5-10,12-13H2. The van der Waals surface area contributed by atoms with E-state index in [1.165, 1.54) is 10.7 Å². The minimum absolute atomic E-state index is 0.0308. The number of alkyl halides is 2. The van der Waals surface area contributed by atoms with Crippen molar-refractivity contribution in [3.05, 3.63) is 52.3 Å². The smallest absolute Gasteiger partial charge is 0.282 e. The average Bonchev–Trinajstić information content (AvgIpc) is 3.44. The second kappa shape index (κ2) is 8.17. The summed E-state index contributed by atoms with van der Waals surface area (Å²) in [7, 11) is 0. The number of hydrogen-bond acceptors (Lipinski definition) is 3. The van der Waals surface area contributed by atoms with E-state index in [9.17, 15) is 13.6 Å². The highest BCUT2D eigenvalue weighted by Crippen LogP contribution is 2.41. The molecule has 8 heteroatoms. The van der Waals surface area contributed by atoms with Gasteiger partial charge in [-0.15, -0.1) is 0 Å². The first-order chi connectivity index (χ1) is 13.5. The molecule has 0 N–H and O–H groups in total. The van der Waals surface area contributed by atoms with Gasteiger partial charge in [0.25, 0.3) is 6.43 Å². The lowest BCUT2D eigenvalue weighted by atomic mass is 10.2. The summed E-state index contributed by atoms with van der Waals surface area (Å²) in [4.78, 5) is 16.8. The van der Waals surface area contributed by atoms with E-state index in [-0.39, 0.29) is 24.1 Å². The Labute approximate surface area is 167 Å². The Balaban J connectivity index is 1.34. The number of halogens is 3. The van der Waals surface area contributed by atoms with Crippen molar-refractivity contribution in [3.8, 4) is 0 Å². The fraction of sp³-hybridized carbons (Fsp3) is 0.500. The molecule has 1 aromatic heterocycles. The first-order valence-corrected chi connectivity index (χ1v) is 9.98. The van der Waals surface area contributed by atoms with Crippen LogP contribution in [0.5, 0.6) is 0 Å². The van der Waals surface area contributed by atoms with Gasteiger partial charge in [-0.1, -0.05) is 29.8 Å². The molecular formula is C20H23ClF2N4O. The van der Waals surface area contributed by atoms with Crippen LogP contribution in [-0.2, 0) is 17.9 Å². The van der Waals surface area contributed by atoms with E-state index >= 15 is 0 Å². The minimum Gasteiger partial charge on any atom is -0.339 e. The number of piperazine rings is 1. The van der Waals surface area contributed by atoms with Gasteiger partial charge in [0, 0.05) is 49.4 Å². The van der Waals surface area contributed by atoms with Crippen LogP contribution in [0.3, 0.4) is 0 Å². The van der Waals surface area contributed by atoms with Gasteiger partial charge in [0.05, 0.1) is 0 Å². The monoisotopic (exact) mass is 408 g/mol. The molecule has 1 amide bonds. The van der Waals surface area contributed by atoms with Crippen molar-refractivity contribution in [2.75, 3.05) is 26.2 Å². The fourth-order valence-electron chi connectivity index (χ4n) is 3.64. The zero-order chi connectivity index (χ0) is 19.7. The second-order valence-corrected chi connectivity index (χ2v) is 7.88. The SMILES string of the molecule is O=C(Cn1nc(C(F)F)cc1C1CC1)N1CCN(Cc2ccccc2Cl)CC1. The molecule has 0 unspecified atom stereocenters. The minimum atomic E-state index is -2.61. The predicted molar refractivity (Wildman–Crippen MR) is 102 cm³/mol. The Bertz CT molecular complexity index is 844. The van der Waals surface area contributed by atoms with Gasteiger partial charge in [-0.25, -0.2) is 8.78 Å². The molecule has 0 spiro atoms. The highest BCUT2D eigenvalue weighted by molar-refractivity contribution is 6.31. The second-order valence-electron chi connectivity index (χ2n) is 7.48. The molecule has 0 radical (unpaired) electrons. The normalized spacial score (nSPS) is 18.1. The third-order valence-electron chi connectivity index (χ3n) is 5.41. The maximum absolute atomic E-state index is 13.0. The molecule has 2 fully saturated rings. The number of amides is 1. The van der Waals surface area contributed by atoms with Crippen molar-refractivity contribution in [1.29, 1.82) is 0 Å². The molecule has 0 bridgehead atoms. The van der Waals surface area contributed by atoms with E-state index in [2.05, 4.69) is 10.00 Å². The first kappa shape index (κ1) is 19.3. The van der Waals surface area contributed by atoms with E-state index in [0.29, 0.717) is 13.1 Å². The largest absolute Gasteiger partial charge is 0.339 e. The molecule has 1 aliphatic carbocycles. The van der Waals surface area contributed by atoms with Crippen LogP contribution < -0.4 is 0 Å². The molecule has 1 aliphatic heterocycles. The number of carbonyl (C=O) groups excluding carboxylic acids is 1. The van der Waals surface area contributed by atoms with E-state index in [4.69, 9.17) is 11.6 Å². The van der Waals surface area contributed by atoms with Crippen molar-refractivity contribution >= 4 is 17.5 Å². The highest BCUT2D eigenvalue weighted by atomic mass is 35.5. The van der Waals surface area contributed by atoms with Gasteiger partial charge in [-0.3, -0.25) is 14.4 Å². The van der Waals surface area contributed by atoms with Gasteiger partial charge < -0.3 is 4.90 Å². The summed E-state index contributed by atoms with van der Waals surface area (Å²) in [6.07, 6.45) is -0.658. The zero-order valence-corrected chi connectivity index (χ0v) is 16.3. The molecule has 1 saturated carbocycles. The summed E-state index contributed by atoms with van der Waals surface area (Å²) >= 11 is 6.23. The van der Waals surface area contributed by atoms with Gasteiger partial charge in [-0.05, 0) is 30.5 Å². The van der Waals surface area contributed by atoms with E-state index in [0.717, 1.165) is 48.8 Å². The van der Waals surface area contributed by atoms with E-state index in [1.807, 2.05) is 24.3 Å². The summed E-state index contributed by atoms with van der Waals surface area (Å²) in [6.45, 7) is 3.53. The summed E-state index contributed by atoms with van der Waals surface area (Å²) < 4.78 is 27.5. The van der Waals surface area contributed by atoms with Crippen molar-refractivity contribution in [1.82, 2.24) is 19.6 Å². The van der Waals surface area contributed by atoms with Crippen molar-refractivity contribution in [2.24, 2.45) is 0 Å². The molecule has 28 heavy (non-hydrogen) atoms. The number of aromatic nitrogens is 2. The molecular weight excluding hydrogens is 386 g/mol. The van der Waals surface area contributed by atoms with Gasteiger partial charge in [-0.2, -0.15) is 5.10 Å². The Morgan fingerprint density at radius 2 is 1.89 bits per heavy atom. The zero-order valence-electron chi connectivity index (χ0n) is 15.5. The van der Waals surface area contributed by atoms with Crippen LogP contribution in [0.1, 0.15) is 42.1 Å². The first-order valence-electron chi connectivity index (χ1n) is 9.60. The Morgan fingerprint density at radius 1 is 1.18 bits per heavy atom. The van der Waals surface area contributed by atoms with Crippen molar-refractivity contribution in [3.63, 3.8) is 0 Å². The van der Waals surface area contributed by atoms with Crippen LogP contribution in [0.15, 0.2) is 30.3 Å². The van der Waals surface area contributed by atoms with E-state index < -0.39 is 6.43 Å². The van der Waals surface area contributed by atoms with Crippen LogP contribution in [0.25, 0.3) is 0 Å². The van der Waals surface area contributed by atoms with E-state index in [1.54, 1.807) is 4.90 Å². The van der Waals surface area contributed by atoms with Crippen LogP contribution >= 0.6 is 11.6 Å². The number of rotatable bonds is 6. The van der Waals surface area contributed by atoms with Gasteiger partial charge in [0.1, 0.15) is 12.2 Å². The predicted octanol–water partition coefficient (Wildman–Crippen LogP) is 3.70. The summed E-state index contributed by atoms with van der Waals surface area (Å²) in [5.74, 6) is 0.198. The van der Waals surface area contributed by atoms with Crippen molar-refractivity contribution in [2.45, 2.75) is 38.3 Å². The highest BCUT2D eigenvalue weighted by Gasteiger charge is 2.31. The third-order valence-corrected chi connectivity index (χ3v) is 5.78. The topological polar surface area (TPSA) is 41.4 Å². The lowest BCUT2D eigenvalue weighted by molar-refractivity contribution is -0.133. The Morgan fingerprint density at radius 3 is 2.54 bits per heavy atom. The number of carbonyl (C=O) groups is 1. The molecule has 2 aliphatic rings. The molecule has 1 saturated heterocycles. The molecule has 150 valence electrons. The number of benzene rings is 1. The Kier molecular flexibility index (Phi) is 5.64. The average molecular weight is 409 g/mol. The molecule has 5 nitrogen and oxygen atoms in total. The third kappa shape index (κ3) is 4.36. The summed E-state index contributed by atoms with van der Waals surface area (Å²) in [5, 5.41) is 4.73. The lowest BCUT2D eigenvalue weighted by Crippen LogP contribution is -2.49. The maximum atomic E-state index is 13.0.